The molecule has 0 saturated carbocycles. The number of hydrogen-bond acceptors (Lipinski definition) is 5. The lowest BCUT2D eigenvalue weighted by Gasteiger charge is -2.14. The van der Waals surface area contributed by atoms with Crippen LogP contribution in [0.5, 0.6) is 0 Å². The summed E-state index contributed by atoms with van der Waals surface area (Å²) in [5.74, 6) is -0.297. The van der Waals surface area contributed by atoms with Gasteiger partial charge in [0.25, 0.3) is 5.91 Å². The van der Waals surface area contributed by atoms with Crippen molar-refractivity contribution >= 4 is 57.3 Å². The van der Waals surface area contributed by atoms with E-state index in [1.54, 1.807) is 17.5 Å². The van der Waals surface area contributed by atoms with Crippen molar-refractivity contribution in [1.29, 1.82) is 0 Å². The summed E-state index contributed by atoms with van der Waals surface area (Å²) in [5.41, 5.74) is 1.63. The van der Waals surface area contributed by atoms with E-state index in [4.69, 9.17) is 23.8 Å². The van der Waals surface area contributed by atoms with Gasteiger partial charge in [0.05, 0.1) is 11.5 Å². The molecule has 1 aliphatic heterocycles. The van der Waals surface area contributed by atoms with E-state index >= 15 is 0 Å². The van der Waals surface area contributed by atoms with Crippen molar-refractivity contribution in [2.24, 2.45) is 0 Å². The zero-order valence-electron chi connectivity index (χ0n) is 12.1. The van der Waals surface area contributed by atoms with Crippen LogP contribution in [0.2, 0.25) is 5.02 Å². The molecule has 0 unspecified atom stereocenters. The smallest absolute Gasteiger partial charge is 0.324 e. The maximum atomic E-state index is 12.5. The fourth-order valence-electron chi connectivity index (χ4n) is 2.19. The molecule has 0 aliphatic carbocycles. The van der Waals surface area contributed by atoms with Gasteiger partial charge in [-0.3, -0.25) is 19.8 Å². The standard InChI is InChI=1S/C15H10ClN3O3S2/c16-11-4-2-1-3-10(11)7-18-14(20)12(17-15(18)23)5-9-6-13(19(21)22)24-8-9/h1-6,8H,7H2,(H,17,23)/b12-5+. The van der Waals surface area contributed by atoms with Crippen LogP contribution in [0.3, 0.4) is 0 Å². The van der Waals surface area contributed by atoms with Gasteiger partial charge in [0, 0.05) is 16.5 Å². The third kappa shape index (κ3) is 3.30. The van der Waals surface area contributed by atoms with Crippen LogP contribution in [-0.4, -0.2) is 20.8 Å². The first-order chi connectivity index (χ1) is 11.5. The van der Waals surface area contributed by atoms with Gasteiger partial charge in [0.1, 0.15) is 5.70 Å². The number of thiophene rings is 1. The Hall–Kier alpha value is -2.29. The molecule has 1 amide bonds. The van der Waals surface area contributed by atoms with Crippen LogP contribution in [0.1, 0.15) is 11.1 Å². The minimum atomic E-state index is -0.467. The molecule has 1 N–H and O–H groups in total. The minimum absolute atomic E-state index is 0.0165. The number of hydrogen-bond donors (Lipinski definition) is 1. The minimum Gasteiger partial charge on any atom is -0.328 e. The molecular formula is C15H10ClN3O3S2. The van der Waals surface area contributed by atoms with E-state index in [1.807, 2.05) is 18.2 Å². The number of halogens is 1. The summed E-state index contributed by atoms with van der Waals surface area (Å²) in [6.07, 6.45) is 1.55. The summed E-state index contributed by atoms with van der Waals surface area (Å²) in [5, 5.41) is 16.0. The number of benzene rings is 1. The molecule has 9 heteroatoms. The molecule has 2 aromatic rings. The number of thiocarbonyl (C=S) groups is 1. The highest BCUT2D eigenvalue weighted by Gasteiger charge is 2.31. The zero-order valence-corrected chi connectivity index (χ0v) is 14.5. The predicted molar refractivity (Wildman–Crippen MR) is 96.7 cm³/mol. The van der Waals surface area contributed by atoms with Crippen LogP contribution in [-0.2, 0) is 11.3 Å². The normalized spacial score (nSPS) is 15.9. The van der Waals surface area contributed by atoms with Crippen molar-refractivity contribution < 1.29 is 9.72 Å². The van der Waals surface area contributed by atoms with Gasteiger partial charge in [0.2, 0.25) is 0 Å². The molecule has 1 aromatic heterocycles. The lowest BCUT2D eigenvalue weighted by Crippen LogP contribution is -2.30. The summed E-state index contributed by atoms with van der Waals surface area (Å²) >= 11 is 12.3. The molecule has 0 radical (unpaired) electrons. The summed E-state index contributed by atoms with van der Waals surface area (Å²) in [6, 6.07) is 8.62. The molecule has 0 spiro atoms. The Bertz CT molecular complexity index is 878. The topological polar surface area (TPSA) is 75.5 Å². The van der Waals surface area contributed by atoms with Gasteiger partial charge >= 0.3 is 5.00 Å². The number of nitrogens with one attached hydrogen (secondary N) is 1. The average molecular weight is 380 g/mol. The quantitative estimate of drug-likeness (QED) is 0.380. The highest BCUT2D eigenvalue weighted by molar-refractivity contribution is 7.80. The molecule has 0 bridgehead atoms. The van der Waals surface area contributed by atoms with Crippen LogP contribution < -0.4 is 5.32 Å². The van der Waals surface area contributed by atoms with Gasteiger partial charge in [0.15, 0.2) is 5.11 Å². The fraction of sp³-hybridized carbons (Fsp3) is 0.0667. The Balaban J connectivity index is 1.82. The monoisotopic (exact) mass is 379 g/mol. The van der Waals surface area contributed by atoms with Crippen molar-refractivity contribution in [3.8, 4) is 0 Å². The van der Waals surface area contributed by atoms with Crippen molar-refractivity contribution in [1.82, 2.24) is 10.2 Å². The summed E-state index contributed by atoms with van der Waals surface area (Å²) < 4.78 is 0. The first kappa shape index (κ1) is 16.6. The molecule has 1 aliphatic rings. The second kappa shape index (κ2) is 6.68. The average Bonchev–Trinajstić information content (AvgIpc) is 3.10. The summed E-state index contributed by atoms with van der Waals surface area (Å²) in [7, 11) is 0. The summed E-state index contributed by atoms with van der Waals surface area (Å²) in [6.45, 7) is 0.255. The van der Waals surface area contributed by atoms with E-state index in [9.17, 15) is 14.9 Å². The van der Waals surface area contributed by atoms with Gasteiger partial charge in [-0.1, -0.05) is 41.1 Å². The van der Waals surface area contributed by atoms with Crippen molar-refractivity contribution in [3.05, 3.63) is 67.7 Å². The van der Waals surface area contributed by atoms with E-state index in [0.29, 0.717) is 10.6 Å². The number of nitro groups is 1. The van der Waals surface area contributed by atoms with Gasteiger partial charge < -0.3 is 5.32 Å². The summed E-state index contributed by atoms with van der Waals surface area (Å²) in [4.78, 5) is 24.2. The van der Waals surface area contributed by atoms with Gasteiger partial charge in [-0.05, 0) is 35.5 Å². The molecule has 3 rings (SSSR count). The first-order valence-electron chi connectivity index (χ1n) is 6.76. The second-order valence-electron chi connectivity index (χ2n) is 4.95. The molecule has 6 nitrogen and oxygen atoms in total. The van der Waals surface area contributed by atoms with Crippen LogP contribution in [0.15, 0.2) is 41.4 Å². The molecule has 24 heavy (non-hydrogen) atoms. The maximum absolute atomic E-state index is 12.5. The van der Waals surface area contributed by atoms with Crippen LogP contribution in [0.4, 0.5) is 5.00 Å². The highest BCUT2D eigenvalue weighted by Crippen LogP contribution is 2.26. The number of amides is 1. The molecule has 2 heterocycles. The van der Waals surface area contributed by atoms with Crippen LogP contribution in [0, 0.1) is 10.1 Å². The third-order valence-corrected chi connectivity index (χ3v) is 4.94. The van der Waals surface area contributed by atoms with E-state index in [1.165, 1.54) is 11.0 Å². The van der Waals surface area contributed by atoms with E-state index in [0.717, 1.165) is 16.9 Å². The Morgan fingerprint density at radius 1 is 1.42 bits per heavy atom. The predicted octanol–water partition coefficient (Wildman–Crippen LogP) is 3.57. The Morgan fingerprint density at radius 3 is 2.83 bits per heavy atom. The molecule has 0 atom stereocenters. The number of carbonyl (C=O) groups is 1. The number of rotatable bonds is 4. The van der Waals surface area contributed by atoms with E-state index in [2.05, 4.69) is 5.32 Å². The van der Waals surface area contributed by atoms with Gasteiger partial charge in [-0.15, -0.1) is 0 Å². The van der Waals surface area contributed by atoms with Crippen molar-refractivity contribution in [2.45, 2.75) is 6.54 Å². The first-order valence-corrected chi connectivity index (χ1v) is 8.43. The fourth-order valence-corrected chi connectivity index (χ4v) is 3.33. The van der Waals surface area contributed by atoms with E-state index < -0.39 is 4.92 Å². The Kier molecular flexibility index (Phi) is 4.61. The molecular weight excluding hydrogens is 370 g/mol. The van der Waals surface area contributed by atoms with Crippen molar-refractivity contribution in [2.75, 3.05) is 0 Å². The number of carbonyl (C=O) groups excluding carboxylic acids is 1. The highest BCUT2D eigenvalue weighted by atomic mass is 35.5. The van der Waals surface area contributed by atoms with Gasteiger partial charge in [-0.2, -0.15) is 0 Å². The van der Waals surface area contributed by atoms with E-state index in [-0.39, 0.29) is 28.3 Å². The third-order valence-electron chi connectivity index (χ3n) is 3.35. The maximum Gasteiger partial charge on any atom is 0.324 e. The Morgan fingerprint density at radius 2 is 2.17 bits per heavy atom. The zero-order chi connectivity index (χ0) is 17.3. The van der Waals surface area contributed by atoms with Crippen molar-refractivity contribution in [3.63, 3.8) is 0 Å². The Labute approximate surface area is 151 Å². The largest absolute Gasteiger partial charge is 0.328 e. The molecule has 1 saturated heterocycles. The van der Waals surface area contributed by atoms with Crippen LogP contribution >= 0.6 is 35.2 Å². The lowest BCUT2D eigenvalue weighted by molar-refractivity contribution is -0.380. The van der Waals surface area contributed by atoms with Crippen LogP contribution in [0.25, 0.3) is 6.08 Å². The lowest BCUT2D eigenvalue weighted by atomic mass is 10.2. The SMILES string of the molecule is O=C1/C(=C\c2csc([N+](=O)[O-])c2)NC(=S)N1Cc1ccccc1Cl. The molecule has 122 valence electrons. The molecule has 1 fully saturated rings. The number of nitrogens with zero attached hydrogens (tertiary/aromatic N) is 2. The van der Waals surface area contributed by atoms with Gasteiger partial charge in [-0.25, -0.2) is 0 Å². The molecule has 1 aromatic carbocycles. The second-order valence-corrected chi connectivity index (χ2v) is 6.63.